The van der Waals surface area contributed by atoms with E-state index in [4.69, 9.17) is 9.47 Å². The van der Waals surface area contributed by atoms with E-state index in [9.17, 15) is 18.8 Å². The van der Waals surface area contributed by atoms with Gasteiger partial charge in [0.2, 0.25) is 0 Å². The van der Waals surface area contributed by atoms with Crippen molar-refractivity contribution in [2.45, 2.75) is 32.7 Å². The molecule has 1 aliphatic heterocycles. The molecule has 0 aliphatic carbocycles. The standard InChI is InChI=1S/C31H31FN2O6/c1-18-17-31(2,3)33-23-13-12-21(22-16-20(32)11-14-26(22)40-30(37)39-6)28(27(18)23)25(35)15-19-9-7-8-10-24(19)34(4)29(36)38-5/h7-14,16-17,33H,15H2,1-6H3. The lowest BCUT2D eigenvalue weighted by Crippen LogP contribution is -2.32. The molecule has 9 heteroatoms. The molecule has 0 saturated carbocycles. The highest BCUT2D eigenvalue weighted by atomic mass is 19.1. The number of amides is 1. The number of para-hydroxylation sites is 1. The first-order valence-electron chi connectivity index (χ1n) is 12.6. The number of carbonyl (C=O) groups is 3. The number of nitrogens with one attached hydrogen (secondary N) is 1. The third-order valence-electron chi connectivity index (χ3n) is 6.66. The molecule has 1 aliphatic rings. The van der Waals surface area contributed by atoms with E-state index in [0.29, 0.717) is 27.9 Å². The Bertz CT molecular complexity index is 1530. The predicted molar refractivity (Wildman–Crippen MR) is 152 cm³/mol. The monoisotopic (exact) mass is 546 g/mol. The Labute approximate surface area is 232 Å². The van der Waals surface area contributed by atoms with Gasteiger partial charge in [-0.1, -0.05) is 30.3 Å². The molecule has 0 atom stereocenters. The van der Waals surface area contributed by atoms with Crippen molar-refractivity contribution in [2.24, 2.45) is 0 Å². The molecule has 8 nitrogen and oxygen atoms in total. The molecule has 4 rings (SSSR count). The zero-order chi connectivity index (χ0) is 29.2. The molecule has 0 bridgehead atoms. The van der Waals surface area contributed by atoms with Gasteiger partial charge in [-0.15, -0.1) is 0 Å². The van der Waals surface area contributed by atoms with Crippen molar-refractivity contribution in [1.82, 2.24) is 0 Å². The zero-order valence-electron chi connectivity index (χ0n) is 23.3. The highest BCUT2D eigenvalue weighted by Gasteiger charge is 2.30. The van der Waals surface area contributed by atoms with E-state index in [0.717, 1.165) is 17.3 Å². The number of hydrogen-bond donors (Lipinski definition) is 1. The summed E-state index contributed by atoms with van der Waals surface area (Å²) in [7, 11) is 4.02. The quantitative estimate of drug-likeness (QED) is 0.205. The first kappa shape index (κ1) is 28.4. The molecule has 1 heterocycles. The van der Waals surface area contributed by atoms with Crippen LogP contribution in [-0.2, 0) is 15.9 Å². The first-order chi connectivity index (χ1) is 19.0. The zero-order valence-corrected chi connectivity index (χ0v) is 23.3. The van der Waals surface area contributed by atoms with Gasteiger partial charge in [0, 0.05) is 35.8 Å². The third kappa shape index (κ3) is 5.68. The number of halogens is 1. The van der Waals surface area contributed by atoms with Crippen LogP contribution in [0.5, 0.6) is 5.75 Å². The molecule has 1 N–H and O–H groups in total. The molecule has 1 amide bonds. The van der Waals surface area contributed by atoms with Crippen molar-refractivity contribution in [3.63, 3.8) is 0 Å². The Hall–Kier alpha value is -4.66. The van der Waals surface area contributed by atoms with Crippen molar-refractivity contribution in [3.05, 3.63) is 83.2 Å². The molecule has 0 fully saturated rings. The fourth-order valence-corrected chi connectivity index (χ4v) is 5.04. The van der Waals surface area contributed by atoms with Crippen LogP contribution in [0.4, 0.5) is 25.4 Å². The largest absolute Gasteiger partial charge is 0.513 e. The molecular weight excluding hydrogens is 515 g/mol. The molecule has 3 aromatic carbocycles. The Morgan fingerprint density at radius 2 is 1.70 bits per heavy atom. The highest BCUT2D eigenvalue weighted by molar-refractivity contribution is 6.10. The number of anilines is 2. The van der Waals surface area contributed by atoms with Crippen molar-refractivity contribution >= 4 is 35.0 Å². The number of methoxy groups -OCH3 is 2. The van der Waals surface area contributed by atoms with Crippen LogP contribution in [0.2, 0.25) is 0 Å². The Morgan fingerprint density at radius 3 is 2.40 bits per heavy atom. The van der Waals surface area contributed by atoms with Gasteiger partial charge >= 0.3 is 12.2 Å². The minimum absolute atomic E-state index is 0.0406. The number of ether oxygens (including phenoxy) is 3. The number of hydrogen-bond acceptors (Lipinski definition) is 7. The van der Waals surface area contributed by atoms with Gasteiger partial charge in [0.05, 0.1) is 25.4 Å². The van der Waals surface area contributed by atoms with Crippen LogP contribution in [0.15, 0.2) is 60.7 Å². The summed E-state index contributed by atoms with van der Waals surface area (Å²) in [6, 6.07) is 14.3. The maximum Gasteiger partial charge on any atom is 0.513 e. The summed E-state index contributed by atoms with van der Waals surface area (Å²) in [5.74, 6) is -0.807. The minimum Gasteiger partial charge on any atom is -0.452 e. The Balaban J connectivity index is 1.93. The summed E-state index contributed by atoms with van der Waals surface area (Å²) < 4.78 is 29.4. The summed E-state index contributed by atoms with van der Waals surface area (Å²) in [6.45, 7) is 5.95. The Morgan fingerprint density at radius 1 is 0.975 bits per heavy atom. The lowest BCUT2D eigenvalue weighted by atomic mass is 9.82. The first-order valence-corrected chi connectivity index (χ1v) is 12.6. The second-order valence-corrected chi connectivity index (χ2v) is 10.0. The summed E-state index contributed by atoms with van der Waals surface area (Å²) >= 11 is 0. The molecule has 0 radical (unpaired) electrons. The smallest absolute Gasteiger partial charge is 0.452 e. The number of rotatable bonds is 6. The lowest BCUT2D eigenvalue weighted by molar-refractivity contribution is 0.0993. The summed E-state index contributed by atoms with van der Waals surface area (Å²) in [6.07, 6.45) is 0.400. The average Bonchev–Trinajstić information content (AvgIpc) is 2.92. The number of carbonyl (C=O) groups excluding carboxylic acids is 3. The topological polar surface area (TPSA) is 94.2 Å². The van der Waals surface area contributed by atoms with Crippen LogP contribution in [0.25, 0.3) is 16.7 Å². The van der Waals surface area contributed by atoms with E-state index in [1.165, 1.54) is 31.3 Å². The summed E-state index contributed by atoms with van der Waals surface area (Å²) in [5.41, 5.74) is 3.93. The van der Waals surface area contributed by atoms with Gasteiger partial charge in [0.1, 0.15) is 11.6 Å². The number of allylic oxidation sites excluding steroid dienone is 1. The van der Waals surface area contributed by atoms with Crippen LogP contribution in [0.3, 0.4) is 0 Å². The van der Waals surface area contributed by atoms with Gasteiger partial charge in [-0.05, 0) is 67.8 Å². The van der Waals surface area contributed by atoms with Crippen molar-refractivity contribution in [1.29, 1.82) is 0 Å². The van der Waals surface area contributed by atoms with Gasteiger partial charge in [-0.3, -0.25) is 9.69 Å². The van der Waals surface area contributed by atoms with Crippen LogP contribution >= 0.6 is 0 Å². The van der Waals surface area contributed by atoms with Gasteiger partial charge < -0.3 is 19.5 Å². The predicted octanol–water partition coefficient (Wildman–Crippen LogP) is 6.87. The maximum atomic E-state index is 14.6. The second-order valence-electron chi connectivity index (χ2n) is 10.0. The highest BCUT2D eigenvalue weighted by Crippen LogP contribution is 2.43. The van der Waals surface area contributed by atoms with Crippen LogP contribution in [0.1, 0.15) is 42.3 Å². The number of Topliss-reactive ketones (excluding diaryl/α,β-unsaturated/α-hetero) is 1. The molecule has 40 heavy (non-hydrogen) atoms. The maximum absolute atomic E-state index is 14.6. The average molecular weight is 547 g/mol. The van der Waals surface area contributed by atoms with Gasteiger partial charge in [-0.2, -0.15) is 0 Å². The van der Waals surface area contributed by atoms with E-state index in [-0.39, 0.29) is 29.1 Å². The third-order valence-corrected chi connectivity index (χ3v) is 6.66. The molecular formula is C31H31FN2O6. The number of benzene rings is 3. The summed E-state index contributed by atoms with van der Waals surface area (Å²) in [4.78, 5) is 39.8. The van der Waals surface area contributed by atoms with Crippen molar-refractivity contribution in [3.8, 4) is 16.9 Å². The van der Waals surface area contributed by atoms with E-state index in [2.05, 4.69) is 10.1 Å². The normalized spacial score (nSPS) is 13.3. The molecule has 0 aromatic heterocycles. The number of fused-ring (bicyclic) bond motifs is 1. The minimum atomic E-state index is -0.974. The van der Waals surface area contributed by atoms with Gasteiger partial charge in [0.25, 0.3) is 0 Å². The van der Waals surface area contributed by atoms with Crippen LogP contribution in [-0.4, -0.2) is 44.8 Å². The lowest BCUT2D eigenvalue weighted by Gasteiger charge is -2.33. The van der Waals surface area contributed by atoms with Crippen LogP contribution < -0.4 is 15.0 Å². The molecule has 208 valence electrons. The SMILES string of the molecule is COC(=O)Oc1ccc(F)cc1-c1ccc2c(c1C(=O)Cc1ccccc1N(C)C(=O)OC)C(C)=CC(C)(C)N2. The molecule has 0 saturated heterocycles. The number of nitrogens with zero attached hydrogens (tertiary/aromatic N) is 1. The Kier molecular flexibility index (Phi) is 7.95. The summed E-state index contributed by atoms with van der Waals surface area (Å²) in [5, 5.41) is 3.45. The second kappa shape index (κ2) is 11.2. The fraction of sp³-hybridized carbons (Fsp3) is 0.258. The van der Waals surface area contributed by atoms with Crippen LogP contribution in [0, 0.1) is 5.82 Å². The fourth-order valence-electron chi connectivity index (χ4n) is 5.04. The molecule has 0 spiro atoms. The van der Waals surface area contributed by atoms with E-state index >= 15 is 0 Å². The van der Waals surface area contributed by atoms with Crippen molar-refractivity contribution in [2.75, 3.05) is 31.5 Å². The van der Waals surface area contributed by atoms with E-state index < -0.39 is 18.1 Å². The van der Waals surface area contributed by atoms with Gasteiger partial charge in [0.15, 0.2) is 5.78 Å². The van der Waals surface area contributed by atoms with Gasteiger partial charge in [-0.25, -0.2) is 14.0 Å². The number of ketones is 1. The molecule has 3 aromatic rings. The van der Waals surface area contributed by atoms with E-state index in [1.54, 1.807) is 37.4 Å². The van der Waals surface area contributed by atoms with Crippen molar-refractivity contribution < 1.29 is 33.0 Å². The molecule has 0 unspecified atom stereocenters. The van der Waals surface area contributed by atoms with E-state index in [1.807, 2.05) is 32.9 Å².